The lowest BCUT2D eigenvalue weighted by Gasteiger charge is -2.10. The van der Waals surface area contributed by atoms with Crippen molar-refractivity contribution in [3.63, 3.8) is 0 Å². The molecule has 1 nitrogen and oxygen atoms in total. The number of aryl methyl sites for hydroxylation is 3. The average molecular weight is 257 g/mol. The van der Waals surface area contributed by atoms with Crippen LogP contribution in [-0.2, 0) is 6.54 Å². The second-order valence-corrected chi connectivity index (χ2v) is 5.78. The molecule has 0 amide bonds. The van der Waals surface area contributed by atoms with E-state index in [-0.39, 0.29) is 0 Å². The van der Waals surface area contributed by atoms with E-state index >= 15 is 0 Å². The molecule has 0 unspecified atom stereocenters. The van der Waals surface area contributed by atoms with Crippen LogP contribution >= 0.6 is 11.8 Å². The molecule has 0 bridgehead atoms. The van der Waals surface area contributed by atoms with E-state index < -0.39 is 0 Å². The van der Waals surface area contributed by atoms with Crippen LogP contribution < -0.4 is 5.73 Å². The zero-order valence-corrected chi connectivity index (χ0v) is 12.0. The van der Waals surface area contributed by atoms with Gasteiger partial charge in [0.25, 0.3) is 0 Å². The van der Waals surface area contributed by atoms with Crippen LogP contribution in [0.5, 0.6) is 0 Å². The SMILES string of the molecule is Cc1ccc(Sc2ccc(C)c(C)c2)c(CN)c1. The van der Waals surface area contributed by atoms with Gasteiger partial charge in [-0.25, -0.2) is 0 Å². The standard InChI is InChI=1S/C16H19NS/c1-11-4-7-16(14(8-11)10-17)18-15-6-5-12(2)13(3)9-15/h4-9H,10,17H2,1-3H3. The number of hydrogen-bond donors (Lipinski definition) is 1. The summed E-state index contributed by atoms with van der Waals surface area (Å²) in [5.41, 5.74) is 11.0. The molecule has 0 aliphatic carbocycles. The Balaban J connectivity index is 2.30. The van der Waals surface area contributed by atoms with Gasteiger partial charge in [0, 0.05) is 16.3 Å². The fourth-order valence-electron chi connectivity index (χ4n) is 1.87. The highest BCUT2D eigenvalue weighted by Gasteiger charge is 2.04. The minimum atomic E-state index is 0.592. The van der Waals surface area contributed by atoms with Gasteiger partial charge in [-0.15, -0.1) is 0 Å². The molecular weight excluding hydrogens is 238 g/mol. The van der Waals surface area contributed by atoms with E-state index in [9.17, 15) is 0 Å². The highest BCUT2D eigenvalue weighted by molar-refractivity contribution is 7.99. The van der Waals surface area contributed by atoms with Crippen molar-refractivity contribution in [2.24, 2.45) is 5.73 Å². The number of rotatable bonds is 3. The number of benzene rings is 2. The molecule has 18 heavy (non-hydrogen) atoms. The van der Waals surface area contributed by atoms with Crippen molar-refractivity contribution in [1.82, 2.24) is 0 Å². The maximum Gasteiger partial charge on any atom is 0.0189 e. The maximum atomic E-state index is 5.81. The Bertz CT molecular complexity index is 561. The minimum Gasteiger partial charge on any atom is -0.326 e. The summed E-state index contributed by atoms with van der Waals surface area (Å²) >= 11 is 1.79. The molecule has 0 spiro atoms. The Labute approximate surface area is 113 Å². The molecule has 0 fully saturated rings. The van der Waals surface area contributed by atoms with Crippen LogP contribution in [0.3, 0.4) is 0 Å². The van der Waals surface area contributed by atoms with E-state index in [2.05, 4.69) is 57.2 Å². The highest BCUT2D eigenvalue weighted by atomic mass is 32.2. The first-order valence-corrected chi connectivity index (χ1v) is 6.96. The second kappa shape index (κ2) is 5.59. The van der Waals surface area contributed by atoms with E-state index in [4.69, 9.17) is 5.73 Å². The van der Waals surface area contributed by atoms with Crippen molar-refractivity contribution < 1.29 is 0 Å². The summed E-state index contributed by atoms with van der Waals surface area (Å²) in [7, 11) is 0. The van der Waals surface area contributed by atoms with E-state index in [0.29, 0.717) is 6.54 Å². The molecule has 2 aromatic carbocycles. The van der Waals surface area contributed by atoms with Crippen molar-refractivity contribution in [2.45, 2.75) is 37.1 Å². The third-order valence-corrected chi connectivity index (χ3v) is 4.25. The minimum absolute atomic E-state index is 0.592. The van der Waals surface area contributed by atoms with Gasteiger partial charge < -0.3 is 5.73 Å². The summed E-state index contributed by atoms with van der Waals surface area (Å²) in [6.07, 6.45) is 0. The Kier molecular flexibility index (Phi) is 4.10. The maximum absolute atomic E-state index is 5.81. The second-order valence-electron chi connectivity index (χ2n) is 4.66. The molecule has 2 N–H and O–H groups in total. The Hall–Kier alpha value is -1.25. The van der Waals surface area contributed by atoms with Gasteiger partial charge in [0.2, 0.25) is 0 Å². The zero-order valence-electron chi connectivity index (χ0n) is 11.2. The molecule has 0 radical (unpaired) electrons. The quantitative estimate of drug-likeness (QED) is 0.891. The van der Waals surface area contributed by atoms with Crippen molar-refractivity contribution in [2.75, 3.05) is 0 Å². The van der Waals surface area contributed by atoms with Gasteiger partial charge in [-0.2, -0.15) is 0 Å². The summed E-state index contributed by atoms with van der Waals surface area (Å²) in [4.78, 5) is 2.53. The molecule has 0 saturated heterocycles. The van der Waals surface area contributed by atoms with E-state index in [1.165, 1.54) is 32.0 Å². The molecule has 2 heteroatoms. The van der Waals surface area contributed by atoms with Crippen LogP contribution in [0.4, 0.5) is 0 Å². The van der Waals surface area contributed by atoms with Gasteiger partial charge in [0.15, 0.2) is 0 Å². The zero-order chi connectivity index (χ0) is 13.1. The lowest BCUT2D eigenvalue weighted by molar-refractivity contribution is 1.02. The normalized spacial score (nSPS) is 10.7. The van der Waals surface area contributed by atoms with Gasteiger partial charge in [-0.05, 0) is 55.7 Å². The molecule has 0 atom stereocenters. The van der Waals surface area contributed by atoms with Crippen LogP contribution in [0.1, 0.15) is 22.3 Å². The molecular formula is C16H19NS. The lowest BCUT2D eigenvalue weighted by atomic mass is 10.1. The van der Waals surface area contributed by atoms with Crippen LogP contribution in [0.25, 0.3) is 0 Å². The Morgan fingerprint density at radius 1 is 0.944 bits per heavy atom. The van der Waals surface area contributed by atoms with Gasteiger partial charge in [0.05, 0.1) is 0 Å². The smallest absolute Gasteiger partial charge is 0.0189 e. The molecule has 0 aromatic heterocycles. The molecule has 2 aromatic rings. The summed E-state index contributed by atoms with van der Waals surface area (Å²) < 4.78 is 0. The predicted octanol–water partition coefficient (Wildman–Crippen LogP) is 4.22. The summed E-state index contributed by atoms with van der Waals surface area (Å²) in [5, 5.41) is 0. The summed E-state index contributed by atoms with van der Waals surface area (Å²) in [6, 6.07) is 13.1. The highest BCUT2D eigenvalue weighted by Crippen LogP contribution is 2.31. The molecule has 2 rings (SSSR count). The third-order valence-electron chi connectivity index (χ3n) is 3.14. The van der Waals surface area contributed by atoms with Gasteiger partial charge in [0.1, 0.15) is 0 Å². The first kappa shape index (κ1) is 13.2. The Morgan fingerprint density at radius 3 is 2.39 bits per heavy atom. The lowest BCUT2D eigenvalue weighted by Crippen LogP contribution is -1.98. The average Bonchev–Trinajstić information content (AvgIpc) is 2.36. The van der Waals surface area contributed by atoms with Gasteiger partial charge in [-0.3, -0.25) is 0 Å². The predicted molar refractivity (Wildman–Crippen MR) is 79.1 cm³/mol. The van der Waals surface area contributed by atoms with Crippen molar-refractivity contribution in [1.29, 1.82) is 0 Å². The van der Waals surface area contributed by atoms with Crippen LogP contribution in [-0.4, -0.2) is 0 Å². The van der Waals surface area contributed by atoms with E-state index in [1.54, 1.807) is 11.8 Å². The Morgan fingerprint density at radius 2 is 1.72 bits per heavy atom. The van der Waals surface area contributed by atoms with Crippen molar-refractivity contribution >= 4 is 11.8 Å². The molecule has 0 aliphatic heterocycles. The fourth-order valence-corrected chi connectivity index (χ4v) is 2.91. The number of hydrogen-bond acceptors (Lipinski definition) is 2. The first-order valence-electron chi connectivity index (χ1n) is 6.15. The first-order chi connectivity index (χ1) is 8.60. The molecule has 94 valence electrons. The van der Waals surface area contributed by atoms with Crippen LogP contribution in [0, 0.1) is 20.8 Å². The summed E-state index contributed by atoms with van der Waals surface area (Å²) in [6.45, 7) is 6.98. The van der Waals surface area contributed by atoms with Crippen LogP contribution in [0.15, 0.2) is 46.2 Å². The van der Waals surface area contributed by atoms with Crippen LogP contribution in [0.2, 0.25) is 0 Å². The van der Waals surface area contributed by atoms with Crippen molar-refractivity contribution in [3.8, 4) is 0 Å². The van der Waals surface area contributed by atoms with Gasteiger partial charge >= 0.3 is 0 Å². The van der Waals surface area contributed by atoms with E-state index in [1.807, 2.05) is 0 Å². The fraction of sp³-hybridized carbons (Fsp3) is 0.250. The topological polar surface area (TPSA) is 26.0 Å². The van der Waals surface area contributed by atoms with E-state index in [0.717, 1.165) is 0 Å². The number of nitrogens with two attached hydrogens (primary N) is 1. The van der Waals surface area contributed by atoms with Crippen molar-refractivity contribution in [3.05, 3.63) is 58.7 Å². The third kappa shape index (κ3) is 2.95. The van der Waals surface area contributed by atoms with Gasteiger partial charge in [-0.1, -0.05) is 35.5 Å². The summed E-state index contributed by atoms with van der Waals surface area (Å²) in [5.74, 6) is 0. The molecule has 0 heterocycles. The molecule has 0 aliphatic rings. The largest absolute Gasteiger partial charge is 0.326 e. The molecule has 0 saturated carbocycles. The monoisotopic (exact) mass is 257 g/mol.